The van der Waals surface area contributed by atoms with Crippen LogP contribution in [0.25, 0.3) is 0 Å². The molecule has 0 aliphatic carbocycles. The van der Waals surface area contributed by atoms with Crippen molar-refractivity contribution in [2.45, 2.75) is 32.3 Å². The Morgan fingerprint density at radius 1 is 1.22 bits per heavy atom. The number of hydrogen-bond acceptors (Lipinski definition) is 3. The van der Waals surface area contributed by atoms with E-state index in [1.54, 1.807) is 12.1 Å². The first-order valence-corrected chi connectivity index (χ1v) is 7.96. The van der Waals surface area contributed by atoms with Crippen LogP contribution in [0, 0.1) is 12.7 Å². The first-order valence-electron chi connectivity index (χ1n) is 7.96. The highest BCUT2D eigenvalue weighted by molar-refractivity contribution is 5.24. The molecule has 1 saturated heterocycles. The van der Waals surface area contributed by atoms with Crippen LogP contribution in [0.4, 0.5) is 4.39 Å². The third kappa shape index (κ3) is 3.96. The first kappa shape index (κ1) is 16.1. The molecule has 0 spiro atoms. The van der Waals surface area contributed by atoms with Gasteiger partial charge in [-0.2, -0.15) is 0 Å². The second-order valence-electron chi connectivity index (χ2n) is 5.91. The quantitative estimate of drug-likeness (QED) is 0.928. The minimum absolute atomic E-state index is 0.0808. The minimum atomic E-state index is -0.398. The highest BCUT2D eigenvalue weighted by Gasteiger charge is 2.29. The molecule has 3 rings (SSSR count). The Labute approximate surface area is 136 Å². The summed E-state index contributed by atoms with van der Waals surface area (Å²) in [4.78, 5) is 0. The number of rotatable bonds is 4. The number of ether oxygens (including phenoxy) is 2. The van der Waals surface area contributed by atoms with E-state index in [1.807, 2.05) is 13.0 Å². The highest BCUT2D eigenvalue weighted by Crippen LogP contribution is 2.28. The molecule has 1 N–H and O–H groups in total. The molecule has 1 aliphatic heterocycles. The second-order valence-corrected chi connectivity index (χ2v) is 5.91. The number of aryl methyl sites for hydroxylation is 1. The fourth-order valence-corrected chi connectivity index (χ4v) is 2.85. The number of morpholine rings is 1. The fraction of sp³-hybridized carbons (Fsp3) is 0.368. The molecule has 2 aromatic carbocycles. The Hall–Kier alpha value is -1.75. The molecule has 0 unspecified atom stereocenters. The van der Waals surface area contributed by atoms with Crippen molar-refractivity contribution in [1.82, 2.24) is 5.32 Å². The van der Waals surface area contributed by atoms with Gasteiger partial charge in [0.2, 0.25) is 0 Å². The molecule has 0 bridgehead atoms. The van der Waals surface area contributed by atoms with Crippen molar-refractivity contribution < 1.29 is 13.9 Å². The Balaban J connectivity index is 1.75. The molecule has 23 heavy (non-hydrogen) atoms. The van der Waals surface area contributed by atoms with E-state index in [-0.39, 0.29) is 18.0 Å². The predicted octanol–water partition coefficient (Wildman–Crippen LogP) is 3.90. The lowest BCUT2D eigenvalue weighted by Crippen LogP contribution is -2.43. The van der Waals surface area contributed by atoms with Gasteiger partial charge < -0.3 is 14.8 Å². The maximum absolute atomic E-state index is 13.1. The zero-order valence-corrected chi connectivity index (χ0v) is 13.5. The van der Waals surface area contributed by atoms with Gasteiger partial charge in [-0.3, -0.25) is 0 Å². The van der Waals surface area contributed by atoms with Crippen LogP contribution in [0.2, 0.25) is 0 Å². The van der Waals surface area contributed by atoms with Crippen molar-refractivity contribution in [1.29, 1.82) is 0 Å². The van der Waals surface area contributed by atoms with Gasteiger partial charge >= 0.3 is 0 Å². The molecule has 1 fully saturated rings. The maximum atomic E-state index is 13.1. The summed E-state index contributed by atoms with van der Waals surface area (Å²) < 4.78 is 25.1. The van der Waals surface area contributed by atoms with Gasteiger partial charge in [0.15, 0.2) is 6.29 Å². The van der Waals surface area contributed by atoms with E-state index in [0.29, 0.717) is 6.61 Å². The van der Waals surface area contributed by atoms with Gasteiger partial charge in [0.05, 0.1) is 18.8 Å². The van der Waals surface area contributed by atoms with Gasteiger partial charge in [0, 0.05) is 6.54 Å². The molecule has 1 aliphatic rings. The largest absolute Gasteiger partial charge is 0.349 e. The molecule has 4 heteroatoms. The molecule has 3 nitrogen and oxygen atoms in total. The Kier molecular flexibility index (Phi) is 5.06. The summed E-state index contributed by atoms with van der Waals surface area (Å²) in [6.45, 7) is 5.44. The minimum Gasteiger partial charge on any atom is -0.349 e. The lowest BCUT2D eigenvalue weighted by Gasteiger charge is -2.34. The summed E-state index contributed by atoms with van der Waals surface area (Å²) >= 11 is 0. The summed E-state index contributed by atoms with van der Waals surface area (Å²) in [7, 11) is 0. The summed E-state index contributed by atoms with van der Waals surface area (Å²) in [6, 6.07) is 14.6. The Morgan fingerprint density at radius 3 is 2.74 bits per heavy atom. The van der Waals surface area contributed by atoms with E-state index in [1.165, 1.54) is 17.7 Å². The summed E-state index contributed by atoms with van der Waals surface area (Å²) in [5.41, 5.74) is 3.29. The van der Waals surface area contributed by atoms with Crippen LogP contribution in [0.1, 0.15) is 35.8 Å². The van der Waals surface area contributed by atoms with Gasteiger partial charge in [-0.1, -0.05) is 42.0 Å². The molecule has 122 valence electrons. The van der Waals surface area contributed by atoms with Crippen molar-refractivity contribution in [3.05, 3.63) is 71.0 Å². The molecular weight excluding hydrogens is 293 g/mol. The van der Waals surface area contributed by atoms with E-state index in [9.17, 15) is 4.39 Å². The number of hydrogen-bond donors (Lipinski definition) is 1. The molecule has 0 amide bonds. The number of benzene rings is 2. The maximum Gasteiger partial charge on any atom is 0.177 e. The molecular formula is C19H22FNO2. The van der Waals surface area contributed by atoms with E-state index in [2.05, 4.69) is 30.4 Å². The van der Waals surface area contributed by atoms with Crippen LogP contribution in [0.15, 0.2) is 48.5 Å². The summed E-state index contributed by atoms with van der Waals surface area (Å²) in [5.74, 6) is -0.240. The third-order valence-corrected chi connectivity index (χ3v) is 4.10. The Bertz CT molecular complexity index is 644. The van der Waals surface area contributed by atoms with E-state index >= 15 is 0 Å². The summed E-state index contributed by atoms with van der Waals surface area (Å²) in [5, 5.41) is 3.40. The number of nitrogens with one attached hydrogen (secondary N) is 1. The molecule has 0 saturated carbocycles. The average Bonchev–Trinajstić information content (AvgIpc) is 2.56. The van der Waals surface area contributed by atoms with Crippen molar-refractivity contribution in [3.8, 4) is 0 Å². The smallest absolute Gasteiger partial charge is 0.177 e. The van der Waals surface area contributed by atoms with Crippen LogP contribution >= 0.6 is 0 Å². The first-order chi connectivity index (χ1) is 11.1. The van der Waals surface area contributed by atoms with Crippen LogP contribution in [0.5, 0.6) is 0 Å². The van der Waals surface area contributed by atoms with E-state index in [0.717, 1.165) is 17.7 Å². The molecule has 2 aromatic rings. The average molecular weight is 315 g/mol. The monoisotopic (exact) mass is 315 g/mol. The van der Waals surface area contributed by atoms with E-state index in [4.69, 9.17) is 9.47 Å². The molecule has 0 radical (unpaired) electrons. The summed E-state index contributed by atoms with van der Waals surface area (Å²) in [6.07, 6.45) is -0.479. The van der Waals surface area contributed by atoms with Crippen LogP contribution in [0.3, 0.4) is 0 Å². The van der Waals surface area contributed by atoms with Crippen molar-refractivity contribution >= 4 is 0 Å². The third-order valence-electron chi connectivity index (χ3n) is 4.10. The van der Waals surface area contributed by atoms with Crippen LogP contribution in [-0.2, 0) is 9.47 Å². The SMILES string of the molecule is Cc1cccc([C@@H](C)O[C@H]2OCCN[C@H]2c2ccc(F)cc2)c1. The van der Waals surface area contributed by atoms with Gasteiger partial charge in [0.1, 0.15) is 5.82 Å². The zero-order chi connectivity index (χ0) is 16.2. The highest BCUT2D eigenvalue weighted by atomic mass is 19.1. The number of halogens is 1. The lowest BCUT2D eigenvalue weighted by atomic mass is 10.0. The molecule has 1 heterocycles. The van der Waals surface area contributed by atoms with Crippen LogP contribution in [-0.4, -0.2) is 19.4 Å². The van der Waals surface area contributed by atoms with Crippen molar-refractivity contribution in [2.24, 2.45) is 0 Å². The van der Waals surface area contributed by atoms with Crippen molar-refractivity contribution in [3.63, 3.8) is 0 Å². The predicted molar refractivity (Wildman–Crippen MR) is 87.6 cm³/mol. The molecule has 3 atom stereocenters. The van der Waals surface area contributed by atoms with Gasteiger partial charge in [-0.25, -0.2) is 4.39 Å². The topological polar surface area (TPSA) is 30.5 Å². The Morgan fingerprint density at radius 2 is 2.00 bits per heavy atom. The lowest BCUT2D eigenvalue weighted by molar-refractivity contribution is -0.200. The van der Waals surface area contributed by atoms with E-state index < -0.39 is 6.29 Å². The van der Waals surface area contributed by atoms with Crippen LogP contribution < -0.4 is 5.32 Å². The normalized spacial score (nSPS) is 22.7. The molecule has 0 aromatic heterocycles. The second kappa shape index (κ2) is 7.21. The van der Waals surface area contributed by atoms with Gasteiger partial charge in [-0.05, 0) is 37.1 Å². The van der Waals surface area contributed by atoms with Gasteiger partial charge in [-0.15, -0.1) is 0 Å². The zero-order valence-electron chi connectivity index (χ0n) is 13.5. The fourth-order valence-electron chi connectivity index (χ4n) is 2.85. The van der Waals surface area contributed by atoms with Crippen molar-refractivity contribution in [2.75, 3.05) is 13.2 Å². The standard InChI is InChI=1S/C19H22FNO2/c1-13-4-3-5-16(12-13)14(2)23-19-18(21-10-11-22-19)15-6-8-17(20)9-7-15/h3-9,12,14,18-19,21H,10-11H2,1-2H3/t14-,18+,19-/m1/s1. The van der Waals surface area contributed by atoms with Gasteiger partial charge in [0.25, 0.3) is 0 Å².